The van der Waals surface area contributed by atoms with Crippen molar-refractivity contribution < 1.29 is 0 Å². The van der Waals surface area contributed by atoms with E-state index in [0.717, 1.165) is 22.6 Å². The van der Waals surface area contributed by atoms with E-state index in [-0.39, 0.29) is 16.2 Å². The second-order valence-electron chi connectivity index (χ2n) is 24.5. The Balaban J connectivity index is 1.08. The maximum atomic E-state index is 2.52. The lowest BCUT2D eigenvalue weighted by atomic mass is 9.67. The van der Waals surface area contributed by atoms with Crippen molar-refractivity contribution in [3.05, 3.63) is 294 Å². The molecule has 0 saturated heterocycles. The fourth-order valence-electron chi connectivity index (χ4n) is 12.3. The van der Waals surface area contributed by atoms with Crippen LogP contribution in [-0.2, 0) is 21.7 Å². The number of hydrogen-bond donors (Lipinski definition) is 0. The quantitative estimate of drug-likeness (QED) is 0.139. The number of fused-ring (bicyclic) bond motifs is 4. The average molecular weight is 1010 g/mol. The molecule has 1 heteroatoms. The summed E-state index contributed by atoms with van der Waals surface area (Å²) in [4.78, 5) is 2.52. The highest BCUT2D eigenvalue weighted by molar-refractivity contribution is 6.09. The van der Waals surface area contributed by atoms with E-state index in [1.54, 1.807) is 0 Å². The van der Waals surface area contributed by atoms with Gasteiger partial charge in [0.1, 0.15) is 0 Å². The maximum Gasteiger partial charge on any atom is 0.0713 e. The molecular weight excluding hydrogens is 939 g/mol. The van der Waals surface area contributed by atoms with Crippen molar-refractivity contribution >= 4 is 27.8 Å². The van der Waals surface area contributed by atoms with E-state index < -0.39 is 5.41 Å². The van der Waals surface area contributed by atoms with E-state index in [1.807, 2.05) is 0 Å². The molecule has 1 aliphatic carbocycles. The number of rotatable bonds is 9. The number of hydrogen-bond acceptors (Lipinski definition) is 1. The largest absolute Gasteiger partial charge is 0.309 e. The number of anilines is 3. The molecule has 11 aromatic rings. The topological polar surface area (TPSA) is 3.24 Å². The third kappa shape index (κ3) is 8.76. The second-order valence-corrected chi connectivity index (χ2v) is 24.5. The third-order valence-electron chi connectivity index (χ3n) is 16.4. The molecule has 0 bridgehead atoms. The molecule has 11 aromatic carbocycles. The zero-order valence-electron chi connectivity index (χ0n) is 46.7. The van der Waals surface area contributed by atoms with Crippen molar-refractivity contribution in [2.24, 2.45) is 0 Å². The molecule has 0 aliphatic heterocycles. The molecule has 1 nitrogen and oxygen atoms in total. The Morgan fingerprint density at radius 3 is 1.38 bits per heavy atom. The van der Waals surface area contributed by atoms with Gasteiger partial charge < -0.3 is 4.90 Å². The van der Waals surface area contributed by atoms with Gasteiger partial charge in [-0.2, -0.15) is 0 Å². The molecule has 0 heterocycles. The molecule has 0 N–H and O–H groups in total. The van der Waals surface area contributed by atoms with Crippen LogP contribution >= 0.6 is 0 Å². The van der Waals surface area contributed by atoms with Gasteiger partial charge in [-0.25, -0.2) is 0 Å². The summed E-state index contributed by atoms with van der Waals surface area (Å²) in [6.45, 7) is 20.9. The van der Waals surface area contributed by atoms with Gasteiger partial charge in [-0.1, -0.05) is 287 Å². The van der Waals surface area contributed by atoms with E-state index in [9.17, 15) is 0 Å². The summed E-state index contributed by atoms with van der Waals surface area (Å²) >= 11 is 0. The van der Waals surface area contributed by atoms with Crippen LogP contribution in [0.25, 0.3) is 66.4 Å². The first-order valence-electron chi connectivity index (χ1n) is 27.8. The number of para-hydroxylation sites is 1. The minimum atomic E-state index is -0.482. The SMILES string of the molecule is CC(C)(C)c1cc(-c2cccc3cccc(-c4ccccc4N(c4ccc(-c5cccc6c5-c5ccccc5C6(c5ccccc5)c5ccccc5)cc4)c4ccc(C(C)(C)C)cc4-c4ccccc4)c23)cc(C(C)(C)C)c1. The Bertz CT molecular complexity index is 3920. The van der Waals surface area contributed by atoms with Gasteiger partial charge in [-0.3, -0.25) is 0 Å². The van der Waals surface area contributed by atoms with Crippen LogP contribution < -0.4 is 4.90 Å². The average Bonchev–Trinajstić information content (AvgIpc) is 3.56. The van der Waals surface area contributed by atoms with Crippen LogP contribution in [-0.4, -0.2) is 0 Å². The minimum absolute atomic E-state index is 0.0228. The lowest BCUT2D eigenvalue weighted by molar-refractivity contribution is 0.569. The number of benzene rings is 11. The molecule has 1 aliphatic rings. The van der Waals surface area contributed by atoms with Crippen LogP contribution in [0.5, 0.6) is 0 Å². The monoisotopic (exact) mass is 1010 g/mol. The molecule has 0 saturated carbocycles. The predicted molar refractivity (Wildman–Crippen MR) is 334 cm³/mol. The van der Waals surface area contributed by atoms with Crippen LogP contribution in [0.1, 0.15) is 101 Å². The highest BCUT2D eigenvalue weighted by atomic mass is 15.1. The summed E-state index contributed by atoms with van der Waals surface area (Å²) in [5.41, 5.74) is 24.0. The third-order valence-corrected chi connectivity index (χ3v) is 16.4. The Morgan fingerprint density at radius 1 is 0.295 bits per heavy atom. The van der Waals surface area contributed by atoms with Gasteiger partial charge >= 0.3 is 0 Å². The van der Waals surface area contributed by atoms with Crippen LogP contribution in [0.4, 0.5) is 17.1 Å². The second kappa shape index (κ2) is 19.5. The highest BCUT2D eigenvalue weighted by Crippen LogP contribution is 2.58. The Kier molecular flexibility index (Phi) is 12.6. The summed E-state index contributed by atoms with van der Waals surface area (Å²) in [5, 5.41) is 2.47. The molecule has 0 aromatic heterocycles. The molecular formula is C77H69N. The van der Waals surface area contributed by atoms with E-state index >= 15 is 0 Å². The van der Waals surface area contributed by atoms with Gasteiger partial charge in [0.2, 0.25) is 0 Å². The molecule has 0 atom stereocenters. The van der Waals surface area contributed by atoms with Crippen LogP contribution in [0.2, 0.25) is 0 Å². The fraction of sp³-hybridized carbons (Fsp3) is 0.169. The van der Waals surface area contributed by atoms with Gasteiger partial charge in [-0.15, -0.1) is 0 Å². The molecule has 0 unspecified atom stereocenters. The Morgan fingerprint density at radius 2 is 0.769 bits per heavy atom. The van der Waals surface area contributed by atoms with Crippen molar-refractivity contribution in [2.45, 2.75) is 84.0 Å². The summed E-state index contributed by atoms with van der Waals surface area (Å²) < 4.78 is 0. The van der Waals surface area contributed by atoms with Crippen LogP contribution in [0.3, 0.4) is 0 Å². The van der Waals surface area contributed by atoms with Gasteiger partial charge in [-0.05, 0) is 141 Å². The standard InChI is InChI=1S/C77H69N/c1-74(2,3)58-44-47-71(67(51-58)52-26-13-10-14-27-52)78(70-41-22-20-34-64(70)65-38-24-29-54-28-23-36-63(72(54)65)55-48-59(75(4,5)6)50-60(49-55)76(7,8)9)61-45-42-53(43-46-61)62-37-25-40-69-73(62)66-35-19-21-39-68(66)77(69,56-30-15-11-16-31-56)57-32-17-12-18-33-57/h10-51H,1-9H3. The fourth-order valence-corrected chi connectivity index (χ4v) is 12.3. The van der Waals surface area contributed by atoms with Gasteiger partial charge in [0.05, 0.1) is 16.8 Å². The molecule has 382 valence electrons. The molecule has 0 radical (unpaired) electrons. The van der Waals surface area contributed by atoms with Crippen molar-refractivity contribution in [3.63, 3.8) is 0 Å². The maximum absolute atomic E-state index is 2.52. The van der Waals surface area contributed by atoms with Crippen molar-refractivity contribution in [1.82, 2.24) is 0 Å². The normalized spacial score (nSPS) is 13.0. The molecule has 0 amide bonds. The van der Waals surface area contributed by atoms with E-state index in [1.165, 1.54) is 99.8 Å². The summed E-state index contributed by atoms with van der Waals surface area (Å²) in [6.07, 6.45) is 0. The zero-order valence-corrected chi connectivity index (χ0v) is 46.7. The van der Waals surface area contributed by atoms with Crippen molar-refractivity contribution in [1.29, 1.82) is 0 Å². The first kappa shape index (κ1) is 50.3. The minimum Gasteiger partial charge on any atom is -0.309 e. The van der Waals surface area contributed by atoms with Crippen molar-refractivity contribution in [2.75, 3.05) is 4.90 Å². The molecule has 0 spiro atoms. The van der Waals surface area contributed by atoms with Crippen LogP contribution in [0.15, 0.2) is 255 Å². The molecule has 12 rings (SSSR count). The van der Waals surface area contributed by atoms with E-state index in [0.29, 0.717) is 0 Å². The lowest BCUT2D eigenvalue weighted by Crippen LogP contribution is -2.28. The first-order valence-corrected chi connectivity index (χ1v) is 27.8. The van der Waals surface area contributed by atoms with Gasteiger partial charge in [0.15, 0.2) is 0 Å². The van der Waals surface area contributed by atoms with E-state index in [2.05, 4.69) is 322 Å². The lowest BCUT2D eigenvalue weighted by Gasteiger charge is -2.34. The van der Waals surface area contributed by atoms with Crippen LogP contribution in [0, 0.1) is 0 Å². The predicted octanol–water partition coefficient (Wildman–Crippen LogP) is 21.2. The smallest absolute Gasteiger partial charge is 0.0713 e. The Labute approximate surface area is 463 Å². The van der Waals surface area contributed by atoms with Gasteiger partial charge in [0, 0.05) is 16.8 Å². The number of nitrogens with zero attached hydrogens (tertiary/aromatic N) is 1. The molecule has 78 heavy (non-hydrogen) atoms. The zero-order chi connectivity index (χ0) is 54.0. The summed E-state index contributed by atoms with van der Waals surface area (Å²) in [5.74, 6) is 0. The first-order chi connectivity index (χ1) is 37.6. The highest BCUT2D eigenvalue weighted by Gasteiger charge is 2.46. The van der Waals surface area contributed by atoms with Gasteiger partial charge in [0.25, 0.3) is 0 Å². The summed E-state index contributed by atoms with van der Waals surface area (Å²) in [7, 11) is 0. The van der Waals surface area contributed by atoms with Crippen molar-refractivity contribution in [3.8, 4) is 55.6 Å². The summed E-state index contributed by atoms with van der Waals surface area (Å²) in [6, 6.07) is 95.8. The van der Waals surface area contributed by atoms with E-state index in [4.69, 9.17) is 0 Å². The Hall–Kier alpha value is -8.52. The molecule has 0 fully saturated rings.